The fourth-order valence-corrected chi connectivity index (χ4v) is 4.13. The zero-order valence-electron chi connectivity index (χ0n) is 11.7. The molecule has 0 unspecified atom stereocenters. The molecule has 0 bridgehead atoms. The lowest BCUT2D eigenvalue weighted by Crippen LogP contribution is -2.27. The number of thioether (sulfide) groups is 1. The van der Waals surface area contributed by atoms with E-state index in [1.807, 2.05) is 30.3 Å². The number of benzene rings is 1. The van der Waals surface area contributed by atoms with Gasteiger partial charge in [0.1, 0.15) is 4.32 Å². The summed E-state index contributed by atoms with van der Waals surface area (Å²) in [7, 11) is 0. The largest absolute Gasteiger partial charge is 0.324 e. The van der Waals surface area contributed by atoms with Crippen molar-refractivity contribution in [2.45, 2.75) is 6.54 Å². The minimum absolute atomic E-state index is 0.0519. The van der Waals surface area contributed by atoms with Crippen LogP contribution in [0.25, 0.3) is 6.08 Å². The van der Waals surface area contributed by atoms with Crippen molar-refractivity contribution in [2.24, 2.45) is 0 Å². The minimum atomic E-state index is -0.442. The summed E-state index contributed by atoms with van der Waals surface area (Å²) >= 11 is 7.53. The average Bonchev–Trinajstić information content (AvgIpc) is 3.10. The molecule has 1 aromatic carbocycles. The van der Waals surface area contributed by atoms with Crippen molar-refractivity contribution >= 4 is 56.6 Å². The molecule has 0 radical (unpaired) electrons. The van der Waals surface area contributed by atoms with E-state index < -0.39 is 4.92 Å². The Morgan fingerprint density at radius 2 is 1.96 bits per heavy atom. The molecule has 0 aliphatic carbocycles. The molecule has 23 heavy (non-hydrogen) atoms. The Hall–Kier alpha value is -2.03. The van der Waals surface area contributed by atoms with Gasteiger partial charge in [0, 0.05) is 10.9 Å². The van der Waals surface area contributed by atoms with Crippen molar-refractivity contribution in [2.75, 3.05) is 0 Å². The quantitative estimate of drug-likeness (QED) is 0.355. The Morgan fingerprint density at radius 3 is 2.61 bits per heavy atom. The number of nitro groups is 1. The standard InChI is InChI=1S/C15H10N2O3S3/c18-14-12(8-11-6-7-13(22-11)17(19)20)23-15(21)16(14)9-10-4-2-1-3-5-10/h1-8H,9H2/b12-8+. The fourth-order valence-electron chi connectivity index (χ4n) is 2.05. The van der Waals surface area contributed by atoms with E-state index in [1.54, 1.807) is 17.0 Å². The summed E-state index contributed by atoms with van der Waals surface area (Å²) in [6, 6.07) is 12.7. The van der Waals surface area contributed by atoms with Crippen LogP contribution in [0.4, 0.5) is 5.00 Å². The van der Waals surface area contributed by atoms with E-state index in [4.69, 9.17) is 12.2 Å². The lowest BCUT2D eigenvalue weighted by Gasteiger charge is -2.14. The number of rotatable bonds is 4. The number of carbonyl (C=O) groups is 1. The molecule has 1 saturated heterocycles. The Balaban J connectivity index is 1.80. The fraction of sp³-hybridized carbons (Fsp3) is 0.0667. The van der Waals surface area contributed by atoms with Crippen molar-refractivity contribution in [1.82, 2.24) is 4.90 Å². The molecule has 2 aromatic rings. The lowest BCUT2D eigenvalue weighted by molar-refractivity contribution is -0.380. The predicted molar refractivity (Wildman–Crippen MR) is 96.1 cm³/mol. The SMILES string of the molecule is O=C1/C(=C\c2ccc([N+](=O)[O-])s2)SC(=S)N1Cc1ccccc1. The second kappa shape index (κ2) is 6.61. The first-order valence-electron chi connectivity index (χ1n) is 6.58. The maximum atomic E-state index is 12.5. The second-order valence-electron chi connectivity index (χ2n) is 4.69. The third-order valence-electron chi connectivity index (χ3n) is 3.12. The van der Waals surface area contributed by atoms with E-state index >= 15 is 0 Å². The molecule has 0 spiro atoms. The molecular formula is C15H10N2O3S3. The number of hydrogen-bond acceptors (Lipinski definition) is 6. The zero-order valence-corrected chi connectivity index (χ0v) is 14.1. The molecule has 0 N–H and O–H groups in total. The molecule has 8 heteroatoms. The molecule has 5 nitrogen and oxygen atoms in total. The van der Waals surface area contributed by atoms with E-state index in [-0.39, 0.29) is 10.9 Å². The summed E-state index contributed by atoms with van der Waals surface area (Å²) in [5, 5.41) is 10.8. The van der Waals surface area contributed by atoms with Gasteiger partial charge in [-0.1, -0.05) is 65.6 Å². The number of hydrogen-bond donors (Lipinski definition) is 0. The van der Waals surface area contributed by atoms with Crippen LogP contribution in [-0.2, 0) is 11.3 Å². The van der Waals surface area contributed by atoms with E-state index in [1.165, 1.54) is 17.8 Å². The molecule has 116 valence electrons. The Bertz CT molecular complexity index is 814. The molecule has 1 aliphatic rings. The molecular weight excluding hydrogens is 352 g/mol. The van der Waals surface area contributed by atoms with Gasteiger partial charge in [-0.2, -0.15) is 0 Å². The first kappa shape index (κ1) is 15.9. The van der Waals surface area contributed by atoms with Crippen molar-refractivity contribution in [3.05, 3.63) is 67.9 Å². The Labute approximate surface area is 145 Å². The predicted octanol–water partition coefficient (Wildman–Crippen LogP) is 4.06. The monoisotopic (exact) mass is 362 g/mol. The average molecular weight is 362 g/mol. The van der Waals surface area contributed by atoms with Crippen LogP contribution < -0.4 is 0 Å². The highest BCUT2D eigenvalue weighted by Crippen LogP contribution is 2.35. The number of amides is 1. The summed E-state index contributed by atoms with van der Waals surface area (Å²) in [5.74, 6) is -0.167. The first-order valence-corrected chi connectivity index (χ1v) is 8.62. The van der Waals surface area contributed by atoms with Crippen molar-refractivity contribution in [3.8, 4) is 0 Å². The molecule has 1 aliphatic heterocycles. The summed E-state index contributed by atoms with van der Waals surface area (Å²) in [4.78, 5) is 25.5. The molecule has 2 heterocycles. The van der Waals surface area contributed by atoms with E-state index in [0.29, 0.717) is 20.6 Å². The van der Waals surface area contributed by atoms with Gasteiger partial charge in [-0.15, -0.1) is 0 Å². The zero-order chi connectivity index (χ0) is 16.4. The third kappa shape index (κ3) is 3.49. The van der Waals surface area contributed by atoms with Gasteiger partial charge < -0.3 is 0 Å². The molecule has 3 rings (SSSR count). The van der Waals surface area contributed by atoms with Gasteiger partial charge in [-0.25, -0.2) is 0 Å². The van der Waals surface area contributed by atoms with E-state index in [0.717, 1.165) is 16.9 Å². The molecule has 1 amide bonds. The lowest BCUT2D eigenvalue weighted by atomic mass is 10.2. The summed E-state index contributed by atoms with van der Waals surface area (Å²) < 4.78 is 0.496. The highest BCUT2D eigenvalue weighted by atomic mass is 32.2. The molecule has 0 saturated carbocycles. The number of carbonyl (C=O) groups excluding carboxylic acids is 1. The molecule has 1 aromatic heterocycles. The summed E-state index contributed by atoms with van der Waals surface area (Å²) in [6.45, 7) is 0.424. The summed E-state index contributed by atoms with van der Waals surface area (Å²) in [6.07, 6.45) is 1.65. The normalized spacial score (nSPS) is 16.3. The van der Waals surface area contributed by atoms with Crippen molar-refractivity contribution in [1.29, 1.82) is 0 Å². The Morgan fingerprint density at radius 1 is 1.22 bits per heavy atom. The summed E-state index contributed by atoms with van der Waals surface area (Å²) in [5.41, 5.74) is 0.997. The third-order valence-corrected chi connectivity index (χ3v) is 5.48. The Kier molecular flexibility index (Phi) is 4.56. The van der Waals surface area contributed by atoms with Gasteiger partial charge in [-0.3, -0.25) is 19.8 Å². The number of nitrogens with zero attached hydrogens (tertiary/aromatic N) is 2. The maximum absolute atomic E-state index is 12.5. The van der Waals surface area contributed by atoms with Crippen LogP contribution in [0.1, 0.15) is 10.4 Å². The van der Waals surface area contributed by atoms with E-state index in [9.17, 15) is 14.9 Å². The number of thiocarbonyl (C=S) groups is 1. The topological polar surface area (TPSA) is 63.4 Å². The van der Waals surface area contributed by atoms with Crippen molar-refractivity contribution in [3.63, 3.8) is 0 Å². The first-order chi connectivity index (χ1) is 11.0. The highest BCUT2D eigenvalue weighted by Gasteiger charge is 2.32. The van der Waals surface area contributed by atoms with Gasteiger partial charge in [0.05, 0.1) is 16.4 Å². The van der Waals surface area contributed by atoms with Crippen LogP contribution in [0.3, 0.4) is 0 Å². The molecule has 0 atom stereocenters. The second-order valence-corrected chi connectivity index (χ2v) is 7.46. The van der Waals surface area contributed by atoms with Gasteiger partial charge in [0.25, 0.3) is 5.91 Å². The van der Waals surface area contributed by atoms with E-state index in [2.05, 4.69) is 0 Å². The smallest absolute Gasteiger partial charge is 0.288 e. The van der Waals surface area contributed by atoms with Gasteiger partial charge in [0.15, 0.2) is 0 Å². The van der Waals surface area contributed by atoms with Crippen LogP contribution in [-0.4, -0.2) is 20.1 Å². The molecule has 1 fully saturated rings. The van der Waals surface area contributed by atoms with Gasteiger partial charge in [0.2, 0.25) is 0 Å². The minimum Gasteiger partial charge on any atom is -0.288 e. The number of thiophene rings is 1. The van der Waals surface area contributed by atoms with Gasteiger partial charge >= 0.3 is 5.00 Å². The van der Waals surface area contributed by atoms with Crippen LogP contribution in [0.2, 0.25) is 0 Å². The van der Waals surface area contributed by atoms with Crippen LogP contribution in [0.5, 0.6) is 0 Å². The van der Waals surface area contributed by atoms with Crippen LogP contribution >= 0.6 is 35.3 Å². The maximum Gasteiger partial charge on any atom is 0.324 e. The van der Waals surface area contributed by atoms with Gasteiger partial charge in [-0.05, 0) is 17.7 Å². The van der Waals surface area contributed by atoms with Crippen molar-refractivity contribution < 1.29 is 9.72 Å². The highest BCUT2D eigenvalue weighted by molar-refractivity contribution is 8.26. The van der Waals surface area contributed by atoms with Crippen LogP contribution in [0.15, 0.2) is 47.4 Å². The van der Waals surface area contributed by atoms with Crippen LogP contribution in [0, 0.1) is 10.1 Å².